The van der Waals surface area contributed by atoms with Crippen LogP contribution < -0.4 is 5.32 Å². The van der Waals surface area contributed by atoms with E-state index in [1.807, 2.05) is 6.07 Å². The molecule has 0 radical (unpaired) electrons. The van der Waals surface area contributed by atoms with Gasteiger partial charge in [-0.05, 0) is 56.1 Å². The number of halogens is 1. The lowest BCUT2D eigenvalue weighted by molar-refractivity contribution is 0.256. The van der Waals surface area contributed by atoms with Crippen molar-refractivity contribution in [3.63, 3.8) is 0 Å². The van der Waals surface area contributed by atoms with Crippen LogP contribution in [0.5, 0.6) is 0 Å². The van der Waals surface area contributed by atoms with Gasteiger partial charge in [-0.25, -0.2) is 4.39 Å². The summed E-state index contributed by atoms with van der Waals surface area (Å²) in [6, 6.07) is 5.66. The van der Waals surface area contributed by atoms with Crippen molar-refractivity contribution in [2.45, 2.75) is 39.3 Å². The molecule has 0 bridgehead atoms. The van der Waals surface area contributed by atoms with Crippen LogP contribution in [0.4, 0.5) is 4.39 Å². The first kappa shape index (κ1) is 13.5. The van der Waals surface area contributed by atoms with Crippen LogP contribution in [0, 0.1) is 12.7 Å². The average Bonchev–Trinajstić information content (AvgIpc) is 2.59. The molecule has 1 aliphatic heterocycles. The molecule has 1 fully saturated rings. The molecule has 100 valence electrons. The summed E-state index contributed by atoms with van der Waals surface area (Å²) in [6.07, 6.45) is 2.32. The van der Waals surface area contributed by atoms with Gasteiger partial charge < -0.3 is 5.32 Å². The minimum atomic E-state index is -0.129. The average molecular weight is 250 g/mol. The standard InChI is InChI=1S/C15H23FN2/c1-3-15-11-18(8-4-7-17-15)10-13-9-14(16)6-5-12(13)2/h5-6,9,15,17H,3-4,7-8,10-11H2,1-2H3. The van der Waals surface area contributed by atoms with Gasteiger partial charge >= 0.3 is 0 Å². The molecule has 1 N–H and O–H groups in total. The van der Waals surface area contributed by atoms with Crippen LogP contribution in [0.1, 0.15) is 30.9 Å². The van der Waals surface area contributed by atoms with Crippen molar-refractivity contribution < 1.29 is 4.39 Å². The van der Waals surface area contributed by atoms with Gasteiger partial charge in [0.15, 0.2) is 0 Å². The molecule has 0 aliphatic carbocycles. The van der Waals surface area contributed by atoms with Gasteiger partial charge in [0.2, 0.25) is 0 Å². The van der Waals surface area contributed by atoms with E-state index < -0.39 is 0 Å². The zero-order chi connectivity index (χ0) is 13.0. The number of nitrogens with one attached hydrogen (secondary N) is 1. The lowest BCUT2D eigenvalue weighted by Gasteiger charge is -2.24. The van der Waals surface area contributed by atoms with Crippen molar-refractivity contribution in [3.8, 4) is 0 Å². The number of hydrogen-bond acceptors (Lipinski definition) is 2. The quantitative estimate of drug-likeness (QED) is 0.887. The number of rotatable bonds is 3. The van der Waals surface area contributed by atoms with Gasteiger partial charge in [0.1, 0.15) is 5.82 Å². The normalized spacial score (nSPS) is 21.8. The summed E-state index contributed by atoms with van der Waals surface area (Å²) >= 11 is 0. The number of benzene rings is 1. The molecule has 0 saturated carbocycles. The van der Waals surface area contributed by atoms with E-state index >= 15 is 0 Å². The second-order valence-corrected chi connectivity index (χ2v) is 5.22. The topological polar surface area (TPSA) is 15.3 Å². The van der Waals surface area contributed by atoms with Crippen molar-refractivity contribution in [1.82, 2.24) is 10.2 Å². The highest BCUT2D eigenvalue weighted by molar-refractivity contribution is 5.26. The SMILES string of the molecule is CCC1CN(Cc2cc(F)ccc2C)CCCN1. The Hall–Kier alpha value is -0.930. The Bertz CT molecular complexity index is 392. The summed E-state index contributed by atoms with van der Waals surface area (Å²) in [5.41, 5.74) is 2.30. The minimum Gasteiger partial charge on any atom is -0.313 e. The maximum Gasteiger partial charge on any atom is 0.123 e. The van der Waals surface area contributed by atoms with Gasteiger partial charge in [-0.3, -0.25) is 4.90 Å². The van der Waals surface area contributed by atoms with E-state index in [-0.39, 0.29) is 5.82 Å². The van der Waals surface area contributed by atoms with Crippen LogP contribution in [-0.4, -0.2) is 30.6 Å². The molecule has 2 rings (SSSR count). The van der Waals surface area contributed by atoms with Crippen LogP contribution >= 0.6 is 0 Å². The van der Waals surface area contributed by atoms with Crippen LogP contribution in [0.2, 0.25) is 0 Å². The molecule has 1 aromatic rings. The highest BCUT2D eigenvalue weighted by Crippen LogP contribution is 2.14. The number of aryl methyl sites for hydroxylation is 1. The van der Waals surface area contributed by atoms with Crippen LogP contribution in [0.3, 0.4) is 0 Å². The van der Waals surface area contributed by atoms with Crippen molar-refractivity contribution in [1.29, 1.82) is 0 Å². The van der Waals surface area contributed by atoms with Gasteiger partial charge in [0, 0.05) is 19.1 Å². The third-order valence-electron chi connectivity index (χ3n) is 3.76. The summed E-state index contributed by atoms with van der Waals surface area (Å²) in [6.45, 7) is 8.39. The fraction of sp³-hybridized carbons (Fsp3) is 0.600. The molecule has 1 atom stereocenters. The van der Waals surface area contributed by atoms with Crippen LogP contribution in [0.25, 0.3) is 0 Å². The van der Waals surface area contributed by atoms with E-state index in [1.165, 1.54) is 18.1 Å². The second kappa shape index (κ2) is 6.30. The predicted molar refractivity (Wildman–Crippen MR) is 73.1 cm³/mol. The third-order valence-corrected chi connectivity index (χ3v) is 3.76. The maximum absolute atomic E-state index is 13.3. The Balaban J connectivity index is 2.04. The molecule has 0 amide bonds. The lowest BCUT2D eigenvalue weighted by atomic mass is 10.1. The molecule has 3 heteroatoms. The Morgan fingerprint density at radius 3 is 3.06 bits per heavy atom. The molecular formula is C15H23FN2. The molecule has 1 heterocycles. The maximum atomic E-state index is 13.3. The van der Waals surface area contributed by atoms with E-state index in [0.717, 1.165) is 38.2 Å². The summed E-state index contributed by atoms with van der Waals surface area (Å²) < 4.78 is 13.3. The molecular weight excluding hydrogens is 227 g/mol. The smallest absolute Gasteiger partial charge is 0.123 e. The highest BCUT2D eigenvalue weighted by atomic mass is 19.1. The van der Waals surface area contributed by atoms with Crippen molar-refractivity contribution in [3.05, 3.63) is 35.1 Å². The van der Waals surface area contributed by atoms with Crippen LogP contribution in [-0.2, 0) is 6.54 Å². The molecule has 2 nitrogen and oxygen atoms in total. The lowest BCUT2D eigenvalue weighted by Crippen LogP contribution is -2.36. The first-order chi connectivity index (χ1) is 8.69. The molecule has 1 unspecified atom stereocenters. The van der Waals surface area contributed by atoms with E-state index in [4.69, 9.17) is 0 Å². The summed E-state index contributed by atoms with van der Waals surface area (Å²) in [5, 5.41) is 3.56. The molecule has 18 heavy (non-hydrogen) atoms. The highest BCUT2D eigenvalue weighted by Gasteiger charge is 2.16. The first-order valence-corrected chi connectivity index (χ1v) is 6.90. The van der Waals surface area contributed by atoms with E-state index in [0.29, 0.717) is 6.04 Å². The Labute approximate surface area is 109 Å². The second-order valence-electron chi connectivity index (χ2n) is 5.22. The van der Waals surface area contributed by atoms with Gasteiger partial charge in [-0.15, -0.1) is 0 Å². The molecule has 0 aromatic heterocycles. The van der Waals surface area contributed by atoms with Crippen molar-refractivity contribution in [2.75, 3.05) is 19.6 Å². The Morgan fingerprint density at radius 2 is 2.28 bits per heavy atom. The van der Waals surface area contributed by atoms with E-state index in [9.17, 15) is 4.39 Å². The molecule has 1 aliphatic rings. The molecule has 1 aromatic carbocycles. The van der Waals surface area contributed by atoms with Crippen LogP contribution in [0.15, 0.2) is 18.2 Å². The predicted octanol–water partition coefficient (Wildman–Crippen LogP) is 2.71. The summed E-state index contributed by atoms with van der Waals surface area (Å²) in [7, 11) is 0. The number of hydrogen-bond donors (Lipinski definition) is 1. The molecule has 0 spiro atoms. The summed E-state index contributed by atoms with van der Waals surface area (Å²) in [5.74, 6) is -0.129. The van der Waals surface area contributed by atoms with Gasteiger partial charge in [0.05, 0.1) is 0 Å². The monoisotopic (exact) mass is 250 g/mol. The molecule has 1 saturated heterocycles. The van der Waals surface area contributed by atoms with Gasteiger partial charge in [-0.1, -0.05) is 13.0 Å². The van der Waals surface area contributed by atoms with Gasteiger partial charge in [0.25, 0.3) is 0 Å². The zero-order valence-corrected chi connectivity index (χ0v) is 11.4. The van der Waals surface area contributed by atoms with Gasteiger partial charge in [-0.2, -0.15) is 0 Å². The fourth-order valence-corrected chi connectivity index (χ4v) is 2.54. The Kier molecular flexibility index (Phi) is 4.72. The Morgan fingerprint density at radius 1 is 1.44 bits per heavy atom. The van der Waals surface area contributed by atoms with Crippen molar-refractivity contribution in [2.24, 2.45) is 0 Å². The third kappa shape index (κ3) is 3.53. The summed E-state index contributed by atoms with van der Waals surface area (Å²) in [4.78, 5) is 2.44. The van der Waals surface area contributed by atoms with E-state index in [1.54, 1.807) is 6.07 Å². The fourth-order valence-electron chi connectivity index (χ4n) is 2.54. The largest absolute Gasteiger partial charge is 0.313 e. The van der Waals surface area contributed by atoms with Crippen molar-refractivity contribution >= 4 is 0 Å². The number of nitrogens with zero attached hydrogens (tertiary/aromatic N) is 1. The first-order valence-electron chi connectivity index (χ1n) is 6.90. The minimum absolute atomic E-state index is 0.129. The van der Waals surface area contributed by atoms with E-state index in [2.05, 4.69) is 24.1 Å². The zero-order valence-electron chi connectivity index (χ0n) is 11.4.